The Morgan fingerprint density at radius 2 is 2.11 bits per heavy atom. The van der Waals surface area contributed by atoms with Gasteiger partial charge in [-0.05, 0) is 42.7 Å². The van der Waals surface area contributed by atoms with Gasteiger partial charge in [0.2, 0.25) is 5.16 Å². The van der Waals surface area contributed by atoms with Crippen LogP contribution in [0.2, 0.25) is 0 Å². The molecule has 5 rings (SSSR count). The summed E-state index contributed by atoms with van der Waals surface area (Å²) in [5.41, 5.74) is 7.66. The van der Waals surface area contributed by atoms with E-state index in [1.54, 1.807) is 22.7 Å². The lowest BCUT2D eigenvalue weighted by atomic mass is 9.97. The average molecular weight is 415 g/mol. The maximum atomic E-state index is 6.28. The van der Waals surface area contributed by atoms with Crippen LogP contribution in [0.3, 0.4) is 0 Å². The number of aromatic amines is 1. The van der Waals surface area contributed by atoms with Crippen LogP contribution in [-0.4, -0.2) is 25.1 Å². The number of aromatic nitrogens is 5. The highest BCUT2D eigenvalue weighted by Gasteiger charge is 2.20. The molecular weight excluding hydrogens is 396 g/mol. The molecule has 0 spiro atoms. The molecule has 138 valence electrons. The molecule has 0 aromatic carbocycles. The number of nitrogens with one attached hydrogen (secondary N) is 1. The van der Waals surface area contributed by atoms with Crippen molar-refractivity contribution < 1.29 is 0 Å². The Bertz CT molecular complexity index is 1080. The topological polar surface area (TPSA) is 93.4 Å². The average Bonchev–Trinajstić information content (AvgIpc) is 3.39. The summed E-state index contributed by atoms with van der Waals surface area (Å²) in [6.07, 6.45) is 5.51. The normalized spacial score (nSPS) is 13.9. The Morgan fingerprint density at radius 1 is 1.19 bits per heavy atom. The summed E-state index contributed by atoms with van der Waals surface area (Å²) in [4.78, 5) is 17.6. The molecule has 0 aliphatic heterocycles. The van der Waals surface area contributed by atoms with Crippen LogP contribution in [0.5, 0.6) is 0 Å². The van der Waals surface area contributed by atoms with Gasteiger partial charge in [-0.1, -0.05) is 17.8 Å². The van der Waals surface area contributed by atoms with E-state index in [2.05, 4.69) is 31.6 Å². The lowest BCUT2D eigenvalue weighted by molar-refractivity contribution is 0.700. The third-order valence-corrected chi connectivity index (χ3v) is 7.56. The zero-order valence-electron chi connectivity index (χ0n) is 14.6. The molecular formula is C18H18N6S3. The zero-order valence-corrected chi connectivity index (χ0v) is 17.0. The first kappa shape index (κ1) is 17.2. The van der Waals surface area contributed by atoms with Gasteiger partial charge in [-0.25, -0.2) is 15.0 Å². The molecule has 0 unspecified atom stereocenters. The van der Waals surface area contributed by atoms with E-state index in [9.17, 15) is 0 Å². The van der Waals surface area contributed by atoms with Crippen molar-refractivity contribution in [1.82, 2.24) is 25.1 Å². The van der Waals surface area contributed by atoms with Crippen molar-refractivity contribution in [2.75, 3.05) is 5.73 Å². The van der Waals surface area contributed by atoms with Gasteiger partial charge in [0.05, 0.1) is 11.1 Å². The van der Waals surface area contributed by atoms with E-state index >= 15 is 0 Å². The standard InChI is InChI=1S/C18H18N6S3/c19-16-15-11-5-1-2-6-12(11)27-17(15)21-14(20-16)9-26-18-22-13(23-24-18)8-10-4-3-7-25-10/h3-4,7H,1-2,5-6,8-9H2,(H2,19,20,21)(H,22,23,24). The SMILES string of the molecule is Nc1nc(CSc2n[nH]c(Cc3cccs3)n2)nc2sc3c(c12)CCCC3. The molecule has 4 aromatic rings. The van der Waals surface area contributed by atoms with Gasteiger partial charge in [0.25, 0.3) is 0 Å². The molecule has 0 amide bonds. The molecule has 0 fully saturated rings. The van der Waals surface area contributed by atoms with E-state index in [0.717, 1.165) is 41.1 Å². The summed E-state index contributed by atoms with van der Waals surface area (Å²) < 4.78 is 0. The summed E-state index contributed by atoms with van der Waals surface area (Å²) in [6, 6.07) is 4.15. The maximum absolute atomic E-state index is 6.28. The minimum atomic E-state index is 0.610. The molecule has 27 heavy (non-hydrogen) atoms. The van der Waals surface area contributed by atoms with E-state index in [4.69, 9.17) is 10.7 Å². The van der Waals surface area contributed by atoms with Gasteiger partial charge >= 0.3 is 0 Å². The quantitative estimate of drug-likeness (QED) is 0.475. The second-order valence-corrected chi connectivity index (χ2v) is 9.58. The van der Waals surface area contributed by atoms with Crippen molar-refractivity contribution in [2.24, 2.45) is 0 Å². The molecule has 1 aliphatic rings. The molecule has 0 bridgehead atoms. The molecule has 4 aromatic heterocycles. The van der Waals surface area contributed by atoms with E-state index in [1.807, 2.05) is 6.07 Å². The number of thiophene rings is 2. The van der Waals surface area contributed by atoms with E-state index in [-0.39, 0.29) is 0 Å². The number of hydrogen-bond donors (Lipinski definition) is 2. The van der Waals surface area contributed by atoms with Gasteiger partial charge in [-0.15, -0.1) is 27.8 Å². The summed E-state index contributed by atoms with van der Waals surface area (Å²) in [7, 11) is 0. The highest BCUT2D eigenvalue weighted by molar-refractivity contribution is 7.98. The van der Waals surface area contributed by atoms with Crippen LogP contribution in [0, 0.1) is 0 Å². The third-order valence-electron chi connectivity index (χ3n) is 4.65. The predicted molar refractivity (Wildman–Crippen MR) is 112 cm³/mol. The summed E-state index contributed by atoms with van der Waals surface area (Å²) >= 11 is 5.04. The lowest BCUT2D eigenvalue weighted by Crippen LogP contribution is -2.02. The van der Waals surface area contributed by atoms with Crippen molar-refractivity contribution in [1.29, 1.82) is 0 Å². The smallest absolute Gasteiger partial charge is 0.208 e. The largest absolute Gasteiger partial charge is 0.383 e. The van der Waals surface area contributed by atoms with Crippen LogP contribution in [0.25, 0.3) is 10.2 Å². The Labute approximate surface area is 168 Å². The number of H-pyrrole nitrogens is 1. The van der Waals surface area contributed by atoms with Crippen LogP contribution < -0.4 is 5.73 Å². The number of nitrogen functional groups attached to an aromatic ring is 1. The first-order valence-corrected chi connectivity index (χ1v) is 11.6. The van der Waals surface area contributed by atoms with Crippen molar-refractivity contribution in [3.63, 3.8) is 0 Å². The summed E-state index contributed by atoms with van der Waals surface area (Å²) in [5.74, 6) is 2.84. The van der Waals surface area contributed by atoms with Crippen molar-refractivity contribution in [3.05, 3.63) is 44.5 Å². The van der Waals surface area contributed by atoms with Crippen molar-refractivity contribution in [2.45, 2.75) is 43.0 Å². The van der Waals surface area contributed by atoms with Gasteiger partial charge < -0.3 is 5.73 Å². The van der Waals surface area contributed by atoms with E-state index in [0.29, 0.717) is 16.7 Å². The van der Waals surface area contributed by atoms with E-state index < -0.39 is 0 Å². The highest BCUT2D eigenvalue weighted by Crippen LogP contribution is 2.38. The number of fused-ring (bicyclic) bond motifs is 3. The second kappa shape index (κ2) is 7.21. The molecule has 0 radical (unpaired) electrons. The lowest BCUT2D eigenvalue weighted by Gasteiger charge is -2.10. The fraction of sp³-hybridized carbons (Fsp3) is 0.333. The minimum Gasteiger partial charge on any atom is -0.383 e. The third kappa shape index (κ3) is 3.46. The highest BCUT2D eigenvalue weighted by atomic mass is 32.2. The summed E-state index contributed by atoms with van der Waals surface area (Å²) in [5, 5.41) is 11.2. The van der Waals surface area contributed by atoms with Crippen molar-refractivity contribution in [3.8, 4) is 0 Å². The van der Waals surface area contributed by atoms with Gasteiger partial charge in [0.15, 0.2) is 0 Å². The number of nitrogens with zero attached hydrogens (tertiary/aromatic N) is 4. The monoisotopic (exact) mass is 414 g/mol. The van der Waals surface area contributed by atoms with Gasteiger partial charge in [-0.3, -0.25) is 5.10 Å². The molecule has 0 saturated heterocycles. The maximum Gasteiger partial charge on any atom is 0.208 e. The van der Waals surface area contributed by atoms with Gasteiger partial charge in [0, 0.05) is 16.2 Å². The number of aryl methyl sites for hydroxylation is 2. The fourth-order valence-corrected chi connectivity index (χ4v) is 6.09. The number of anilines is 1. The van der Waals surface area contributed by atoms with Crippen LogP contribution in [0.15, 0.2) is 22.7 Å². The van der Waals surface area contributed by atoms with Crippen LogP contribution in [0.1, 0.15) is 39.8 Å². The second-order valence-electron chi connectivity index (χ2n) is 6.53. The van der Waals surface area contributed by atoms with Gasteiger partial charge in [0.1, 0.15) is 22.3 Å². The molecule has 0 saturated carbocycles. The summed E-state index contributed by atoms with van der Waals surface area (Å²) in [6.45, 7) is 0. The zero-order chi connectivity index (χ0) is 18.2. The molecule has 0 atom stereocenters. The predicted octanol–water partition coefficient (Wildman–Crippen LogP) is 4.22. The number of hydrogen-bond acceptors (Lipinski definition) is 8. The van der Waals surface area contributed by atoms with Gasteiger partial charge in [-0.2, -0.15) is 0 Å². The molecule has 3 N–H and O–H groups in total. The minimum absolute atomic E-state index is 0.610. The first-order chi connectivity index (χ1) is 13.3. The van der Waals surface area contributed by atoms with Crippen molar-refractivity contribution >= 4 is 50.5 Å². The number of nitrogens with two attached hydrogens (primary N) is 1. The first-order valence-electron chi connectivity index (χ1n) is 8.89. The number of thioether (sulfide) groups is 1. The molecule has 4 heterocycles. The Morgan fingerprint density at radius 3 is 3.00 bits per heavy atom. The Hall–Kier alpha value is -1.97. The Balaban J connectivity index is 1.32. The molecule has 9 heteroatoms. The molecule has 6 nitrogen and oxygen atoms in total. The van der Waals surface area contributed by atoms with E-state index in [1.165, 1.54) is 39.9 Å². The fourth-order valence-electron chi connectivity index (χ4n) is 3.42. The Kier molecular flexibility index (Phi) is 4.58. The van der Waals surface area contributed by atoms with Crippen LogP contribution in [-0.2, 0) is 25.0 Å². The van der Waals surface area contributed by atoms with Crippen LogP contribution in [0.4, 0.5) is 5.82 Å². The molecule has 1 aliphatic carbocycles. The van der Waals surface area contributed by atoms with Crippen LogP contribution >= 0.6 is 34.4 Å². The number of rotatable bonds is 5.